The molecule has 0 aliphatic heterocycles. The van der Waals surface area contributed by atoms with E-state index in [1.807, 2.05) is 0 Å². The molecule has 1 N–H and O–H groups in total. The summed E-state index contributed by atoms with van der Waals surface area (Å²) >= 11 is 0. The van der Waals surface area contributed by atoms with Crippen LogP contribution in [0.2, 0.25) is 18.1 Å². The van der Waals surface area contributed by atoms with Crippen molar-refractivity contribution in [1.82, 2.24) is 0 Å². The molecule has 1 nitrogen and oxygen atoms in total. The van der Waals surface area contributed by atoms with E-state index < -0.39 is 19.3 Å². The topological polar surface area (TPSA) is 20.2 Å². The van der Waals surface area contributed by atoms with Crippen LogP contribution in [0.3, 0.4) is 0 Å². The minimum absolute atomic E-state index is 0.219. The standard InChI is InChI=1S/C7H13F3OSi/c1-12(2,5-11)6(3-4-6)7(8,9)10/h11H,3-5H2,1-2H3. The number of hydrogen-bond donors (Lipinski definition) is 1. The van der Waals surface area contributed by atoms with Crippen molar-refractivity contribution in [2.45, 2.75) is 37.2 Å². The van der Waals surface area contributed by atoms with Crippen LogP contribution in [0.4, 0.5) is 13.2 Å². The van der Waals surface area contributed by atoms with Gasteiger partial charge in [-0.2, -0.15) is 13.2 Å². The van der Waals surface area contributed by atoms with Crippen LogP contribution in [-0.4, -0.2) is 25.6 Å². The molecule has 0 bridgehead atoms. The van der Waals surface area contributed by atoms with Gasteiger partial charge < -0.3 is 5.11 Å². The van der Waals surface area contributed by atoms with Crippen molar-refractivity contribution in [2.24, 2.45) is 0 Å². The molecule has 1 aliphatic rings. The lowest BCUT2D eigenvalue weighted by Crippen LogP contribution is -2.46. The molecule has 0 saturated heterocycles. The second-order valence-electron chi connectivity index (χ2n) is 4.12. The zero-order chi connectivity index (χ0) is 9.62. The highest BCUT2D eigenvalue weighted by atomic mass is 28.3. The Kier molecular flexibility index (Phi) is 2.08. The van der Waals surface area contributed by atoms with Gasteiger partial charge in [-0.1, -0.05) is 13.1 Å². The van der Waals surface area contributed by atoms with E-state index in [0.717, 1.165) is 0 Å². The van der Waals surface area contributed by atoms with Crippen LogP contribution in [0.5, 0.6) is 0 Å². The lowest BCUT2D eigenvalue weighted by Gasteiger charge is -2.32. The molecule has 0 unspecified atom stereocenters. The molecule has 72 valence electrons. The molecule has 5 heteroatoms. The monoisotopic (exact) mass is 198 g/mol. The molecule has 0 amide bonds. The Balaban J connectivity index is 2.87. The number of halogens is 3. The highest BCUT2D eigenvalue weighted by molar-refractivity contribution is 6.81. The van der Waals surface area contributed by atoms with Crippen molar-refractivity contribution in [1.29, 1.82) is 0 Å². The molecule has 0 heterocycles. The Morgan fingerprint density at radius 1 is 1.33 bits per heavy atom. The molecule has 12 heavy (non-hydrogen) atoms. The molecule has 0 radical (unpaired) electrons. The number of rotatable bonds is 2. The predicted molar refractivity (Wildman–Crippen MR) is 42.5 cm³/mol. The fraction of sp³-hybridized carbons (Fsp3) is 1.00. The molecule has 1 saturated carbocycles. The highest BCUT2D eigenvalue weighted by Gasteiger charge is 2.70. The van der Waals surface area contributed by atoms with Gasteiger partial charge in [-0.15, -0.1) is 0 Å². The zero-order valence-electron chi connectivity index (χ0n) is 7.20. The summed E-state index contributed by atoms with van der Waals surface area (Å²) in [7, 11) is -2.50. The quantitative estimate of drug-likeness (QED) is 0.675. The summed E-state index contributed by atoms with van der Waals surface area (Å²) in [6.07, 6.45) is -3.94. The first-order chi connectivity index (χ1) is 5.27. The highest BCUT2D eigenvalue weighted by Crippen LogP contribution is 2.69. The fourth-order valence-corrected chi connectivity index (χ4v) is 4.17. The van der Waals surface area contributed by atoms with E-state index >= 15 is 0 Å². The Hall–Kier alpha value is -0.0331. The summed E-state index contributed by atoms with van der Waals surface area (Å²) in [4.78, 5) is 0. The van der Waals surface area contributed by atoms with Gasteiger partial charge in [0.05, 0.1) is 13.1 Å². The third kappa shape index (κ3) is 1.19. The molecule has 0 spiro atoms. The first-order valence-electron chi connectivity index (χ1n) is 3.94. The van der Waals surface area contributed by atoms with Crippen LogP contribution >= 0.6 is 0 Å². The summed E-state index contributed by atoms with van der Waals surface area (Å²) in [5, 5.41) is 7.42. The van der Waals surface area contributed by atoms with Crippen molar-refractivity contribution < 1.29 is 18.3 Å². The van der Waals surface area contributed by atoms with Crippen molar-refractivity contribution in [3.8, 4) is 0 Å². The molecule has 1 fully saturated rings. The maximum atomic E-state index is 12.5. The summed E-state index contributed by atoms with van der Waals surface area (Å²) in [5.74, 6) is 0. The summed E-state index contributed by atoms with van der Waals surface area (Å²) in [5.41, 5.74) is 0. The van der Waals surface area contributed by atoms with Gasteiger partial charge in [-0.05, 0) is 12.8 Å². The fourth-order valence-electron chi connectivity index (χ4n) is 1.62. The Labute approximate surface area is 70.6 Å². The Bertz CT molecular complexity index is 184. The van der Waals surface area contributed by atoms with Gasteiger partial charge in [0.25, 0.3) is 0 Å². The van der Waals surface area contributed by atoms with Gasteiger partial charge in [0.15, 0.2) is 0 Å². The normalized spacial score (nSPS) is 22.5. The third-order valence-corrected chi connectivity index (χ3v) is 7.15. The van der Waals surface area contributed by atoms with Crippen molar-refractivity contribution in [3.63, 3.8) is 0 Å². The average Bonchev–Trinajstić information content (AvgIpc) is 2.63. The van der Waals surface area contributed by atoms with Gasteiger partial charge in [0.1, 0.15) is 0 Å². The second kappa shape index (κ2) is 2.48. The maximum Gasteiger partial charge on any atom is 0.392 e. The first-order valence-corrected chi connectivity index (χ1v) is 7.15. The van der Waals surface area contributed by atoms with Crippen molar-refractivity contribution in [2.75, 3.05) is 6.23 Å². The van der Waals surface area contributed by atoms with Crippen LogP contribution in [0, 0.1) is 0 Å². The molecule has 1 aliphatic carbocycles. The first kappa shape index (κ1) is 10.1. The lowest BCUT2D eigenvalue weighted by atomic mass is 10.4. The van der Waals surface area contributed by atoms with Crippen molar-refractivity contribution >= 4 is 8.07 Å². The number of alkyl halides is 3. The smallest absolute Gasteiger partial charge is 0.392 e. The van der Waals surface area contributed by atoms with Crippen LogP contribution in [0.25, 0.3) is 0 Å². The largest absolute Gasteiger partial charge is 0.400 e. The van der Waals surface area contributed by atoms with Gasteiger partial charge in [-0.25, -0.2) is 0 Å². The van der Waals surface area contributed by atoms with Gasteiger partial charge in [0, 0.05) is 6.23 Å². The van der Waals surface area contributed by atoms with Crippen LogP contribution in [0.1, 0.15) is 12.8 Å². The number of hydrogen-bond acceptors (Lipinski definition) is 1. The van der Waals surface area contributed by atoms with E-state index in [0.29, 0.717) is 0 Å². The van der Waals surface area contributed by atoms with E-state index in [-0.39, 0.29) is 19.1 Å². The van der Waals surface area contributed by atoms with Crippen LogP contribution in [0.15, 0.2) is 0 Å². The maximum absolute atomic E-state index is 12.5. The minimum Gasteiger partial charge on any atom is -0.400 e. The molecule has 0 aromatic rings. The van der Waals surface area contributed by atoms with Gasteiger partial charge >= 0.3 is 6.18 Å². The van der Waals surface area contributed by atoms with E-state index in [1.54, 1.807) is 13.1 Å². The molecule has 1 rings (SSSR count). The SMILES string of the molecule is C[Si](C)(CO)C1(C(F)(F)F)CC1. The van der Waals surface area contributed by atoms with E-state index in [9.17, 15) is 13.2 Å². The van der Waals surface area contributed by atoms with Crippen LogP contribution in [-0.2, 0) is 0 Å². The predicted octanol–water partition coefficient (Wildman–Crippen LogP) is 2.32. The number of aliphatic hydroxyl groups is 1. The lowest BCUT2D eigenvalue weighted by molar-refractivity contribution is -0.143. The summed E-state index contributed by atoms with van der Waals surface area (Å²) in [6.45, 7) is 3.21. The van der Waals surface area contributed by atoms with Crippen molar-refractivity contribution in [3.05, 3.63) is 0 Å². The molecule has 0 atom stereocenters. The minimum atomic E-state index is -4.11. The second-order valence-corrected chi connectivity index (χ2v) is 9.16. The Morgan fingerprint density at radius 3 is 1.83 bits per heavy atom. The molecule has 0 aromatic heterocycles. The van der Waals surface area contributed by atoms with Crippen LogP contribution < -0.4 is 0 Å². The van der Waals surface area contributed by atoms with E-state index in [2.05, 4.69) is 0 Å². The summed E-state index contributed by atoms with van der Waals surface area (Å²) in [6, 6.07) is 0. The average molecular weight is 198 g/mol. The van der Waals surface area contributed by atoms with Gasteiger partial charge in [0.2, 0.25) is 0 Å². The van der Waals surface area contributed by atoms with E-state index in [1.165, 1.54) is 0 Å². The molecule has 0 aromatic carbocycles. The summed E-state index contributed by atoms with van der Waals surface area (Å²) < 4.78 is 37.5. The van der Waals surface area contributed by atoms with Gasteiger partial charge in [-0.3, -0.25) is 0 Å². The molecular weight excluding hydrogens is 185 g/mol. The van der Waals surface area contributed by atoms with E-state index in [4.69, 9.17) is 5.11 Å². The Morgan fingerprint density at radius 2 is 1.75 bits per heavy atom. The zero-order valence-corrected chi connectivity index (χ0v) is 8.20. The molecular formula is C7H13F3OSi. The number of aliphatic hydroxyl groups excluding tert-OH is 1. The third-order valence-electron chi connectivity index (χ3n) is 2.98.